The van der Waals surface area contributed by atoms with Crippen LogP contribution in [0.5, 0.6) is 0 Å². The van der Waals surface area contributed by atoms with Gasteiger partial charge in [-0.2, -0.15) is 4.31 Å². The lowest BCUT2D eigenvalue weighted by molar-refractivity contribution is 0.274. The van der Waals surface area contributed by atoms with E-state index in [1.165, 1.54) is 10.4 Å². The Hall–Kier alpha value is -1.32. The van der Waals surface area contributed by atoms with Crippen molar-refractivity contribution in [2.45, 2.75) is 23.8 Å². The number of aromatic nitrogens is 2. The number of para-hydroxylation sites is 2. The number of imidazole rings is 1. The molecule has 26 heavy (non-hydrogen) atoms. The van der Waals surface area contributed by atoms with Crippen LogP contribution in [-0.2, 0) is 10.0 Å². The number of nitrogens with one attached hydrogen (secondary N) is 1. The molecule has 0 atom stereocenters. The van der Waals surface area contributed by atoms with Gasteiger partial charge >= 0.3 is 5.69 Å². The maximum Gasteiger partial charge on any atom is 0.326 e. The summed E-state index contributed by atoms with van der Waals surface area (Å²) in [5, 5.41) is 0. The number of hydrogen-bond acceptors (Lipinski definition) is 4. The summed E-state index contributed by atoms with van der Waals surface area (Å²) >= 11 is 12.9. The van der Waals surface area contributed by atoms with Crippen LogP contribution in [0.1, 0.15) is 18.9 Å². The summed E-state index contributed by atoms with van der Waals surface area (Å²) in [4.78, 5) is 15.2. The number of hydrogen-bond donors (Lipinski definition) is 1. The Morgan fingerprint density at radius 3 is 2.50 bits per heavy atom. The molecule has 1 aliphatic rings. The predicted octanol–water partition coefficient (Wildman–Crippen LogP) is 3.72. The van der Waals surface area contributed by atoms with E-state index >= 15 is 0 Å². The smallest absolute Gasteiger partial charge is 0.306 e. The molecule has 0 saturated carbocycles. The lowest BCUT2D eigenvalue weighted by Crippen LogP contribution is -2.40. The van der Waals surface area contributed by atoms with Gasteiger partial charge in [0.2, 0.25) is 10.0 Å². The lowest BCUT2D eigenvalue weighted by Gasteiger charge is -2.31. The third-order valence-corrected chi connectivity index (χ3v) is 8.31. The van der Waals surface area contributed by atoms with Crippen molar-refractivity contribution in [3.8, 4) is 0 Å². The van der Waals surface area contributed by atoms with Crippen LogP contribution in [0.15, 0.2) is 40.0 Å². The van der Waals surface area contributed by atoms with Crippen LogP contribution >= 0.6 is 34.5 Å². The molecule has 0 spiro atoms. The number of rotatable bonds is 3. The largest absolute Gasteiger partial charge is 0.326 e. The van der Waals surface area contributed by atoms with Gasteiger partial charge in [-0.05, 0) is 31.0 Å². The highest BCUT2D eigenvalue weighted by Crippen LogP contribution is 2.37. The number of piperidine rings is 1. The van der Waals surface area contributed by atoms with Crippen molar-refractivity contribution < 1.29 is 8.42 Å². The summed E-state index contributed by atoms with van der Waals surface area (Å²) in [6.45, 7) is 0.644. The second kappa shape index (κ2) is 6.69. The molecule has 0 radical (unpaired) electrons. The van der Waals surface area contributed by atoms with Crippen molar-refractivity contribution >= 4 is 55.6 Å². The number of sulfonamides is 1. The van der Waals surface area contributed by atoms with Crippen LogP contribution in [0, 0.1) is 0 Å². The third kappa shape index (κ3) is 2.99. The van der Waals surface area contributed by atoms with E-state index in [4.69, 9.17) is 23.2 Å². The number of halogens is 2. The topological polar surface area (TPSA) is 75.2 Å². The van der Waals surface area contributed by atoms with Gasteiger partial charge in [0.05, 0.1) is 15.4 Å². The van der Waals surface area contributed by atoms with Crippen molar-refractivity contribution in [3.63, 3.8) is 0 Å². The van der Waals surface area contributed by atoms with Crippen molar-refractivity contribution in [2.75, 3.05) is 13.1 Å². The zero-order chi connectivity index (χ0) is 18.5. The van der Waals surface area contributed by atoms with Gasteiger partial charge in [-0.25, -0.2) is 13.2 Å². The Kier molecular flexibility index (Phi) is 4.65. The van der Waals surface area contributed by atoms with E-state index in [1.54, 1.807) is 4.57 Å². The normalized spacial score (nSPS) is 17.2. The molecule has 0 aliphatic carbocycles. The molecule has 4 rings (SSSR count). The molecule has 0 bridgehead atoms. The minimum atomic E-state index is -3.68. The molecule has 3 aromatic rings. The Morgan fingerprint density at radius 1 is 1.15 bits per heavy atom. The number of thiophene rings is 1. The number of aromatic amines is 1. The fraction of sp³-hybridized carbons (Fsp3) is 0.312. The first-order valence-electron chi connectivity index (χ1n) is 8.02. The number of fused-ring (bicyclic) bond motifs is 1. The van der Waals surface area contributed by atoms with Crippen LogP contribution in [0.25, 0.3) is 11.0 Å². The molecule has 6 nitrogen and oxygen atoms in total. The van der Waals surface area contributed by atoms with E-state index in [9.17, 15) is 13.2 Å². The van der Waals surface area contributed by atoms with Gasteiger partial charge in [-0.1, -0.05) is 35.3 Å². The first-order valence-corrected chi connectivity index (χ1v) is 11.0. The Bertz CT molecular complexity index is 1130. The highest BCUT2D eigenvalue weighted by atomic mass is 35.5. The van der Waals surface area contributed by atoms with E-state index < -0.39 is 10.0 Å². The van der Waals surface area contributed by atoms with Crippen molar-refractivity contribution in [3.05, 3.63) is 49.5 Å². The average Bonchev–Trinajstić information content (AvgIpc) is 3.13. The Labute approximate surface area is 164 Å². The van der Waals surface area contributed by atoms with Crippen LogP contribution in [0.4, 0.5) is 0 Å². The molecular formula is C16H15Cl2N3O3S2. The van der Waals surface area contributed by atoms with Crippen molar-refractivity contribution in [2.24, 2.45) is 0 Å². The van der Waals surface area contributed by atoms with Crippen LogP contribution in [0.3, 0.4) is 0 Å². The van der Waals surface area contributed by atoms with Gasteiger partial charge < -0.3 is 4.98 Å². The molecule has 2 aromatic heterocycles. The standard InChI is InChI=1S/C16H15Cl2N3O3S2/c17-14-9-13(15(18)25-14)26(23,24)20-7-5-10(6-8-20)21-12-4-2-1-3-11(12)19-16(21)22/h1-4,9-10H,5-8H2,(H,19,22). The van der Waals surface area contributed by atoms with Crippen LogP contribution in [-0.4, -0.2) is 35.4 Å². The van der Waals surface area contributed by atoms with E-state index in [1.807, 2.05) is 24.3 Å². The number of H-pyrrole nitrogens is 1. The first-order chi connectivity index (χ1) is 12.4. The maximum atomic E-state index is 12.8. The van der Waals surface area contributed by atoms with Crippen LogP contribution < -0.4 is 5.69 Å². The molecule has 1 aromatic carbocycles. The van der Waals surface area contributed by atoms with Crippen LogP contribution in [0.2, 0.25) is 8.67 Å². The number of nitrogens with zero attached hydrogens (tertiary/aromatic N) is 2. The second-order valence-electron chi connectivity index (χ2n) is 6.14. The second-order valence-corrected chi connectivity index (χ2v) is 10.3. The summed E-state index contributed by atoms with van der Waals surface area (Å²) in [6, 6.07) is 8.84. The van der Waals surface area contributed by atoms with Gasteiger partial charge in [0.1, 0.15) is 9.23 Å². The molecule has 138 valence electrons. The van der Waals surface area contributed by atoms with Gasteiger partial charge in [0.25, 0.3) is 0 Å². The summed E-state index contributed by atoms with van der Waals surface area (Å²) < 4.78 is 29.3. The molecule has 1 saturated heterocycles. The van der Waals surface area contributed by atoms with Crippen molar-refractivity contribution in [1.29, 1.82) is 0 Å². The maximum absolute atomic E-state index is 12.8. The third-order valence-electron chi connectivity index (χ3n) is 4.66. The van der Waals surface area contributed by atoms with Gasteiger partial charge in [-0.15, -0.1) is 11.3 Å². The molecule has 1 fully saturated rings. The van der Waals surface area contributed by atoms with Gasteiger partial charge in [0.15, 0.2) is 0 Å². The molecule has 1 aliphatic heterocycles. The first kappa shape index (κ1) is 18.1. The minimum Gasteiger partial charge on any atom is -0.306 e. The Balaban J connectivity index is 1.58. The van der Waals surface area contributed by atoms with E-state index in [0.717, 1.165) is 22.4 Å². The SMILES string of the molecule is O=c1[nH]c2ccccc2n1C1CCN(S(=O)(=O)c2cc(Cl)sc2Cl)CC1. The molecule has 1 N–H and O–H groups in total. The Morgan fingerprint density at radius 2 is 1.85 bits per heavy atom. The molecule has 10 heteroatoms. The number of benzene rings is 1. The fourth-order valence-corrected chi connectivity index (χ4v) is 7.00. The molecule has 0 unspecified atom stereocenters. The quantitative estimate of drug-likeness (QED) is 0.686. The zero-order valence-corrected chi connectivity index (χ0v) is 16.6. The van der Waals surface area contributed by atoms with E-state index in [2.05, 4.69) is 4.98 Å². The van der Waals surface area contributed by atoms with Gasteiger partial charge in [0, 0.05) is 19.1 Å². The summed E-state index contributed by atoms with van der Waals surface area (Å²) in [6.07, 6.45) is 1.10. The fourth-order valence-electron chi connectivity index (χ4n) is 3.42. The highest BCUT2D eigenvalue weighted by Gasteiger charge is 2.33. The molecule has 0 amide bonds. The minimum absolute atomic E-state index is 0.0494. The molecule has 3 heterocycles. The summed E-state index contributed by atoms with van der Waals surface area (Å²) in [5.41, 5.74) is 1.46. The van der Waals surface area contributed by atoms with E-state index in [0.29, 0.717) is 30.3 Å². The van der Waals surface area contributed by atoms with E-state index in [-0.39, 0.29) is 21.0 Å². The monoisotopic (exact) mass is 431 g/mol. The predicted molar refractivity (Wildman–Crippen MR) is 104 cm³/mol. The zero-order valence-electron chi connectivity index (χ0n) is 13.5. The van der Waals surface area contributed by atoms with Crippen molar-refractivity contribution in [1.82, 2.24) is 13.9 Å². The summed E-state index contributed by atoms with van der Waals surface area (Å²) in [7, 11) is -3.68. The van der Waals surface area contributed by atoms with Gasteiger partial charge in [-0.3, -0.25) is 4.57 Å². The summed E-state index contributed by atoms with van der Waals surface area (Å²) in [5.74, 6) is 0. The highest BCUT2D eigenvalue weighted by molar-refractivity contribution is 7.89. The lowest BCUT2D eigenvalue weighted by atomic mass is 10.1. The average molecular weight is 432 g/mol. The molecular weight excluding hydrogens is 417 g/mol.